The Balaban J connectivity index is 2.44. The number of hydrogen-bond acceptors (Lipinski definition) is 3. The summed E-state index contributed by atoms with van der Waals surface area (Å²) in [6.07, 6.45) is 2.15. The van der Waals surface area contributed by atoms with E-state index >= 15 is 0 Å². The van der Waals surface area contributed by atoms with Crippen LogP contribution in [0.2, 0.25) is 0 Å². The fourth-order valence-corrected chi connectivity index (χ4v) is 1.48. The topological polar surface area (TPSA) is 55.9 Å². The molecule has 0 saturated heterocycles. The fourth-order valence-electron chi connectivity index (χ4n) is 0.809. The highest BCUT2D eigenvalue weighted by Crippen LogP contribution is 2.15. The average molecular weight is 198 g/mol. The van der Waals surface area contributed by atoms with Crippen LogP contribution in [0.1, 0.15) is 33.1 Å². The van der Waals surface area contributed by atoms with Crippen molar-refractivity contribution in [3.05, 3.63) is 0 Å². The maximum atomic E-state index is 11.1. The first-order valence-electron chi connectivity index (χ1n) is 4.33. The number of thioether (sulfide) groups is 1. The molecule has 0 atom stereocenters. The molecule has 0 unspecified atom stereocenters. The van der Waals surface area contributed by atoms with Crippen LogP contribution in [0.15, 0.2) is 10.1 Å². The molecule has 0 saturated carbocycles. The Morgan fingerprint density at radius 3 is 2.85 bits per heavy atom. The highest BCUT2D eigenvalue weighted by Gasteiger charge is 2.15. The number of amidine groups is 1. The lowest BCUT2D eigenvalue weighted by Gasteiger charge is -1.91. The molecular weight excluding hydrogens is 186 g/mol. The number of rotatable bonds is 3. The quantitative estimate of drug-likeness (QED) is 0.693. The first-order chi connectivity index (χ1) is 6.26. The maximum absolute atomic E-state index is 11.1. The van der Waals surface area contributed by atoms with Gasteiger partial charge in [0.1, 0.15) is 5.04 Å². The Kier molecular flexibility index (Phi) is 3.95. The molecule has 0 aromatic heterocycles. The van der Waals surface area contributed by atoms with Gasteiger partial charge in [0.15, 0.2) is 0 Å². The lowest BCUT2D eigenvalue weighted by molar-refractivity contribution is -0.117. The minimum atomic E-state index is -0.110. The van der Waals surface area contributed by atoms with E-state index in [2.05, 4.69) is 15.5 Å². The van der Waals surface area contributed by atoms with Gasteiger partial charge in [-0.3, -0.25) is 4.79 Å². The van der Waals surface area contributed by atoms with Gasteiger partial charge in [0.25, 0.3) is 0 Å². The molecule has 0 spiro atoms. The molecule has 1 heterocycles. The van der Waals surface area contributed by atoms with Gasteiger partial charge >= 0.3 is 0 Å². The second kappa shape index (κ2) is 5.01. The first kappa shape index (κ1) is 10.2. The van der Waals surface area contributed by atoms with Crippen LogP contribution < -0.4 is 5.43 Å². The van der Waals surface area contributed by atoms with Crippen LogP contribution in [-0.2, 0) is 4.79 Å². The van der Waals surface area contributed by atoms with Gasteiger partial charge in [0.2, 0.25) is 11.1 Å². The Morgan fingerprint density at radius 1 is 1.54 bits per heavy atom. The maximum Gasteiger partial charge on any atom is 0.248 e. The molecule has 5 heteroatoms. The van der Waals surface area contributed by atoms with Crippen LogP contribution in [0.4, 0.5) is 0 Å². The van der Waals surface area contributed by atoms with Crippen molar-refractivity contribution < 1.29 is 4.79 Å². The second-order valence-electron chi connectivity index (χ2n) is 2.59. The Morgan fingerprint density at radius 2 is 2.31 bits per heavy atom. The summed E-state index contributed by atoms with van der Waals surface area (Å²) in [5.74, 6) is -0.110. The summed E-state index contributed by atoms with van der Waals surface area (Å²) in [5.41, 5.74) is 3.79. The SMILES string of the molecule is CCCC(=O)N=C1[N]N=C(CC)S1. The summed E-state index contributed by atoms with van der Waals surface area (Å²) in [6, 6.07) is 0. The van der Waals surface area contributed by atoms with Gasteiger partial charge < -0.3 is 0 Å². The number of amides is 1. The molecule has 0 fully saturated rings. The minimum Gasteiger partial charge on any atom is -0.273 e. The zero-order valence-corrected chi connectivity index (χ0v) is 8.60. The summed E-state index contributed by atoms with van der Waals surface area (Å²) in [6.45, 7) is 3.95. The van der Waals surface area contributed by atoms with E-state index in [1.165, 1.54) is 11.8 Å². The van der Waals surface area contributed by atoms with Crippen LogP contribution in [0, 0.1) is 0 Å². The van der Waals surface area contributed by atoms with Crippen LogP contribution in [-0.4, -0.2) is 16.1 Å². The summed E-state index contributed by atoms with van der Waals surface area (Å²) in [7, 11) is 0. The highest BCUT2D eigenvalue weighted by molar-refractivity contribution is 8.26. The minimum absolute atomic E-state index is 0.110. The largest absolute Gasteiger partial charge is 0.273 e. The van der Waals surface area contributed by atoms with E-state index in [1.807, 2.05) is 13.8 Å². The standard InChI is InChI=1S/C8H12N3OS/c1-3-5-6(12)9-8-11-10-7(4-2)13-8/h3-5H2,1-2H3. The molecule has 1 aliphatic rings. The number of carbonyl (C=O) groups is 1. The van der Waals surface area contributed by atoms with E-state index in [0.29, 0.717) is 11.6 Å². The molecule has 1 amide bonds. The normalized spacial score (nSPS) is 18.6. The predicted octanol–water partition coefficient (Wildman–Crippen LogP) is 1.74. The Labute approximate surface area is 81.9 Å². The number of nitrogens with zero attached hydrogens (tertiary/aromatic N) is 3. The number of hydrogen-bond donors (Lipinski definition) is 0. The molecule has 1 radical (unpaired) electrons. The van der Waals surface area contributed by atoms with Crippen molar-refractivity contribution in [1.29, 1.82) is 0 Å². The highest BCUT2D eigenvalue weighted by atomic mass is 32.2. The zero-order valence-electron chi connectivity index (χ0n) is 7.78. The molecule has 1 rings (SSSR count). The summed E-state index contributed by atoms with van der Waals surface area (Å²) >= 11 is 1.38. The molecule has 0 N–H and O–H groups in total. The van der Waals surface area contributed by atoms with E-state index in [9.17, 15) is 4.79 Å². The third-order valence-corrected chi connectivity index (χ3v) is 2.40. The second-order valence-corrected chi connectivity index (χ2v) is 3.63. The van der Waals surface area contributed by atoms with Crippen LogP contribution in [0.3, 0.4) is 0 Å². The van der Waals surface area contributed by atoms with Crippen molar-refractivity contribution in [2.24, 2.45) is 10.1 Å². The van der Waals surface area contributed by atoms with Gasteiger partial charge in [-0.1, -0.05) is 13.8 Å². The van der Waals surface area contributed by atoms with E-state index in [-0.39, 0.29) is 5.91 Å². The van der Waals surface area contributed by atoms with Crippen molar-refractivity contribution in [2.45, 2.75) is 33.1 Å². The van der Waals surface area contributed by atoms with Gasteiger partial charge in [-0.05, 0) is 24.6 Å². The van der Waals surface area contributed by atoms with Gasteiger partial charge in [-0.15, -0.1) is 10.5 Å². The van der Waals surface area contributed by atoms with Crippen molar-refractivity contribution in [1.82, 2.24) is 5.43 Å². The van der Waals surface area contributed by atoms with Crippen LogP contribution in [0.25, 0.3) is 0 Å². The zero-order chi connectivity index (χ0) is 9.68. The summed E-state index contributed by atoms with van der Waals surface area (Å²) in [5, 5.41) is 5.27. The summed E-state index contributed by atoms with van der Waals surface area (Å²) < 4.78 is 0. The molecule has 1 aliphatic heterocycles. The molecule has 4 nitrogen and oxygen atoms in total. The smallest absolute Gasteiger partial charge is 0.248 e. The van der Waals surface area contributed by atoms with Crippen LogP contribution >= 0.6 is 11.8 Å². The Hall–Kier alpha value is -0.840. The van der Waals surface area contributed by atoms with Gasteiger partial charge in [-0.2, -0.15) is 4.99 Å². The van der Waals surface area contributed by atoms with Crippen molar-refractivity contribution in [3.8, 4) is 0 Å². The average Bonchev–Trinajstić information content (AvgIpc) is 2.52. The van der Waals surface area contributed by atoms with Gasteiger partial charge in [0.05, 0.1) is 0 Å². The fraction of sp³-hybridized carbons (Fsp3) is 0.625. The molecular formula is C8H12N3OS. The third kappa shape index (κ3) is 3.18. The molecule has 0 aromatic rings. The predicted molar refractivity (Wildman–Crippen MR) is 54.8 cm³/mol. The molecule has 13 heavy (non-hydrogen) atoms. The lowest BCUT2D eigenvalue weighted by atomic mass is 10.3. The first-order valence-corrected chi connectivity index (χ1v) is 5.14. The Bertz CT molecular complexity index is 260. The summed E-state index contributed by atoms with van der Waals surface area (Å²) in [4.78, 5) is 14.9. The molecule has 0 aromatic carbocycles. The van der Waals surface area contributed by atoms with Crippen molar-refractivity contribution in [3.63, 3.8) is 0 Å². The number of aliphatic imine (C=N–C) groups is 1. The van der Waals surface area contributed by atoms with E-state index in [1.54, 1.807) is 0 Å². The lowest BCUT2D eigenvalue weighted by Crippen LogP contribution is -2.04. The molecule has 0 aliphatic carbocycles. The van der Waals surface area contributed by atoms with Gasteiger partial charge in [-0.25, -0.2) is 0 Å². The number of carbonyl (C=O) groups excluding carboxylic acids is 1. The molecule has 0 bridgehead atoms. The van der Waals surface area contributed by atoms with E-state index < -0.39 is 0 Å². The van der Waals surface area contributed by atoms with Crippen molar-refractivity contribution >= 4 is 27.9 Å². The third-order valence-electron chi connectivity index (χ3n) is 1.44. The van der Waals surface area contributed by atoms with E-state index in [0.717, 1.165) is 17.9 Å². The van der Waals surface area contributed by atoms with Crippen molar-refractivity contribution in [2.75, 3.05) is 0 Å². The van der Waals surface area contributed by atoms with Crippen LogP contribution in [0.5, 0.6) is 0 Å². The van der Waals surface area contributed by atoms with Gasteiger partial charge in [0, 0.05) is 6.42 Å². The van der Waals surface area contributed by atoms with E-state index in [4.69, 9.17) is 0 Å². The molecule has 71 valence electrons. The monoisotopic (exact) mass is 198 g/mol.